The molecule has 0 saturated carbocycles. The minimum Gasteiger partial charge on any atom is -0.468 e. The van der Waals surface area contributed by atoms with Crippen molar-refractivity contribution < 1.29 is 4.74 Å². The van der Waals surface area contributed by atoms with Crippen LogP contribution in [0.3, 0.4) is 0 Å². The van der Waals surface area contributed by atoms with Crippen molar-refractivity contribution in [2.45, 2.75) is 26.8 Å². The van der Waals surface area contributed by atoms with Gasteiger partial charge in [0.2, 0.25) is 0 Å². The van der Waals surface area contributed by atoms with Crippen molar-refractivity contribution in [1.29, 1.82) is 0 Å². The van der Waals surface area contributed by atoms with Gasteiger partial charge in [-0.15, -0.1) is 0 Å². The maximum absolute atomic E-state index is 11.7. The van der Waals surface area contributed by atoms with E-state index in [0.717, 1.165) is 19.5 Å². The molecule has 1 aromatic rings. The van der Waals surface area contributed by atoms with E-state index in [9.17, 15) is 4.79 Å². The summed E-state index contributed by atoms with van der Waals surface area (Å²) in [6.45, 7) is 6.16. The molecule has 0 aromatic carbocycles. The van der Waals surface area contributed by atoms with Crippen molar-refractivity contribution in [2.75, 3.05) is 20.2 Å². The van der Waals surface area contributed by atoms with Crippen LogP contribution in [0.4, 0.5) is 0 Å². The summed E-state index contributed by atoms with van der Waals surface area (Å²) in [4.78, 5) is 15.9. The largest absolute Gasteiger partial charge is 0.468 e. The Hall–Kier alpha value is -1.36. The van der Waals surface area contributed by atoms with Crippen molar-refractivity contribution in [2.24, 2.45) is 0 Å². The maximum atomic E-state index is 11.7. The highest BCUT2D eigenvalue weighted by atomic mass is 16.5. The first kappa shape index (κ1) is 12.7. The zero-order chi connectivity index (χ0) is 12.0. The molecule has 1 heterocycles. The van der Waals surface area contributed by atoms with Gasteiger partial charge in [-0.1, -0.05) is 6.92 Å². The monoisotopic (exact) mass is 225 g/mol. The average molecular weight is 225 g/mol. The van der Waals surface area contributed by atoms with Crippen LogP contribution in [0.15, 0.2) is 10.9 Å². The van der Waals surface area contributed by atoms with Gasteiger partial charge < -0.3 is 10.1 Å². The van der Waals surface area contributed by atoms with E-state index >= 15 is 0 Å². The van der Waals surface area contributed by atoms with E-state index in [1.807, 2.05) is 0 Å². The van der Waals surface area contributed by atoms with Crippen LogP contribution in [0.25, 0.3) is 0 Å². The number of hydrogen-bond acceptors (Lipinski definition) is 4. The first-order valence-corrected chi connectivity index (χ1v) is 5.52. The van der Waals surface area contributed by atoms with E-state index < -0.39 is 0 Å². The van der Waals surface area contributed by atoms with E-state index in [1.165, 1.54) is 17.7 Å². The molecule has 90 valence electrons. The predicted octanol–water partition coefficient (Wildman–Crippen LogP) is 0.560. The number of aromatic nitrogens is 2. The molecule has 16 heavy (non-hydrogen) atoms. The molecule has 1 N–H and O–H groups in total. The van der Waals surface area contributed by atoms with Gasteiger partial charge in [-0.25, -0.2) is 4.98 Å². The summed E-state index contributed by atoms with van der Waals surface area (Å²) in [6.07, 6.45) is 1.08. The summed E-state index contributed by atoms with van der Waals surface area (Å²) in [5, 5.41) is 3.23. The van der Waals surface area contributed by atoms with Crippen LogP contribution >= 0.6 is 0 Å². The molecule has 0 radical (unpaired) electrons. The lowest BCUT2D eigenvalue weighted by Gasteiger charge is -2.11. The van der Waals surface area contributed by atoms with Gasteiger partial charge in [-0.2, -0.15) is 0 Å². The van der Waals surface area contributed by atoms with Crippen LogP contribution < -0.4 is 15.6 Å². The Kier molecular flexibility index (Phi) is 4.98. The summed E-state index contributed by atoms with van der Waals surface area (Å²) in [5.41, 5.74) is 0.613. The Morgan fingerprint density at radius 1 is 1.50 bits per heavy atom. The van der Waals surface area contributed by atoms with Crippen LogP contribution in [-0.4, -0.2) is 29.8 Å². The number of nitrogens with zero attached hydrogens (tertiary/aromatic N) is 2. The van der Waals surface area contributed by atoms with Gasteiger partial charge in [0.15, 0.2) is 0 Å². The highest BCUT2D eigenvalue weighted by Crippen LogP contribution is 2.03. The molecule has 0 saturated heterocycles. The zero-order valence-electron chi connectivity index (χ0n) is 10.1. The lowest BCUT2D eigenvalue weighted by atomic mass is 10.4. The first-order valence-electron chi connectivity index (χ1n) is 5.52. The second-order valence-electron chi connectivity index (χ2n) is 3.62. The van der Waals surface area contributed by atoms with Crippen molar-refractivity contribution in [3.05, 3.63) is 22.1 Å². The molecule has 5 heteroatoms. The molecule has 0 fully saturated rings. The summed E-state index contributed by atoms with van der Waals surface area (Å²) in [7, 11) is 1.52. The van der Waals surface area contributed by atoms with Crippen molar-refractivity contribution in [3.8, 4) is 6.01 Å². The van der Waals surface area contributed by atoms with Gasteiger partial charge in [-0.3, -0.25) is 9.36 Å². The minimum atomic E-state index is -0.0670. The molecule has 0 aliphatic heterocycles. The lowest BCUT2D eigenvalue weighted by molar-refractivity contribution is 0.342. The van der Waals surface area contributed by atoms with Gasteiger partial charge in [-0.05, 0) is 19.9 Å². The summed E-state index contributed by atoms with van der Waals surface area (Å²) in [5.74, 6) is 0. The van der Waals surface area contributed by atoms with E-state index in [2.05, 4.69) is 17.2 Å². The molecule has 0 spiro atoms. The fourth-order valence-electron chi connectivity index (χ4n) is 1.45. The number of nitrogens with one attached hydrogen (secondary N) is 1. The molecule has 5 nitrogen and oxygen atoms in total. The van der Waals surface area contributed by atoms with Crippen LogP contribution in [0.2, 0.25) is 0 Å². The van der Waals surface area contributed by atoms with Gasteiger partial charge in [0.1, 0.15) is 0 Å². The molecule has 0 atom stereocenters. The van der Waals surface area contributed by atoms with Gasteiger partial charge in [0, 0.05) is 24.8 Å². The molecule has 0 aliphatic carbocycles. The Balaban J connectivity index is 2.74. The number of aryl methyl sites for hydroxylation is 1. The molecule has 0 aliphatic rings. The highest BCUT2D eigenvalue weighted by molar-refractivity contribution is 5.06. The second-order valence-corrected chi connectivity index (χ2v) is 3.62. The molecule has 0 bridgehead atoms. The van der Waals surface area contributed by atoms with Crippen LogP contribution in [0.1, 0.15) is 19.0 Å². The first-order chi connectivity index (χ1) is 7.69. The summed E-state index contributed by atoms with van der Waals surface area (Å²) in [6, 6.07) is 1.89. The Bertz CT molecular complexity index is 387. The van der Waals surface area contributed by atoms with E-state index in [-0.39, 0.29) is 5.56 Å². The molecule has 0 unspecified atom stereocenters. The minimum absolute atomic E-state index is 0.0670. The Morgan fingerprint density at radius 2 is 2.25 bits per heavy atom. The average Bonchev–Trinajstić information content (AvgIpc) is 2.26. The lowest BCUT2D eigenvalue weighted by Crippen LogP contribution is -2.28. The summed E-state index contributed by atoms with van der Waals surface area (Å²) >= 11 is 0. The zero-order valence-corrected chi connectivity index (χ0v) is 10.1. The standard InChI is InChI=1S/C11H19N3O2/c1-4-5-12-6-7-14-10(15)8-9(2)13-11(14)16-3/h8,12H,4-7H2,1-3H3. The third kappa shape index (κ3) is 3.34. The third-order valence-electron chi connectivity index (χ3n) is 2.22. The molecular formula is C11H19N3O2. The number of ether oxygens (including phenoxy) is 1. The van der Waals surface area contributed by atoms with Crippen molar-refractivity contribution >= 4 is 0 Å². The predicted molar refractivity (Wildman–Crippen MR) is 62.9 cm³/mol. The number of methoxy groups -OCH3 is 1. The van der Waals surface area contributed by atoms with Gasteiger partial charge in [0.05, 0.1) is 7.11 Å². The Morgan fingerprint density at radius 3 is 2.88 bits per heavy atom. The molecule has 1 rings (SSSR count). The quantitative estimate of drug-likeness (QED) is 0.719. The van der Waals surface area contributed by atoms with E-state index in [4.69, 9.17) is 4.74 Å². The van der Waals surface area contributed by atoms with Crippen LogP contribution in [-0.2, 0) is 6.54 Å². The van der Waals surface area contributed by atoms with Gasteiger partial charge in [0.25, 0.3) is 11.6 Å². The smallest absolute Gasteiger partial charge is 0.299 e. The molecule has 1 aromatic heterocycles. The molecular weight excluding hydrogens is 206 g/mol. The SMILES string of the molecule is CCCNCCn1c(OC)nc(C)cc1=O. The van der Waals surface area contributed by atoms with E-state index in [0.29, 0.717) is 18.2 Å². The third-order valence-corrected chi connectivity index (χ3v) is 2.22. The van der Waals surface area contributed by atoms with Crippen LogP contribution in [0.5, 0.6) is 6.01 Å². The van der Waals surface area contributed by atoms with Crippen molar-refractivity contribution in [1.82, 2.24) is 14.9 Å². The van der Waals surface area contributed by atoms with Gasteiger partial charge >= 0.3 is 0 Å². The Labute approximate surface area is 95.5 Å². The fraction of sp³-hybridized carbons (Fsp3) is 0.636. The van der Waals surface area contributed by atoms with Crippen molar-refractivity contribution in [3.63, 3.8) is 0 Å². The normalized spacial score (nSPS) is 10.4. The number of hydrogen-bond donors (Lipinski definition) is 1. The highest BCUT2D eigenvalue weighted by Gasteiger charge is 2.06. The number of rotatable bonds is 6. The van der Waals surface area contributed by atoms with Crippen LogP contribution in [0, 0.1) is 6.92 Å². The maximum Gasteiger partial charge on any atom is 0.299 e. The fourth-order valence-corrected chi connectivity index (χ4v) is 1.45. The summed E-state index contributed by atoms with van der Waals surface area (Å²) < 4.78 is 6.63. The topological polar surface area (TPSA) is 56.1 Å². The molecule has 0 amide bonds. The second kappa shape index (κ2) is 6.27. The van der Waals surface area contributed by atoms with E-state index in [1.54, 1.807) is 6.92 Å².